The van der Waals surface area contributed by atoms with Crippen LogP contribution in [-0.2, 0) is 0 Å². The van der Waals surface area contributed by atoms with Crippen molar-refractivity contribution >= 4 is 17.4 Å². The first kappa shape index (κ1) is 13.9. The summed E-state index contributed by atoms with van der Waals surface area (Å²) in [6.45, 7) is 5.85. The van der Waals surface area contributed by atoms with E-state index in [9.17, 15) is 9.90 Å². The zero-order valence-corrected chi connectivity index (χ0v) is 11.8. The SMILES string of the molecule is Cc1ccc(NC(=O)Nc2ccc(O)cc2C)cc1C. The van der Waals surface area contributed by atoms with Crippen LogP contribution >= 0.6 is 0 Å². The van der Waals surface area contributed by atoms with E-state index in [-0.39, 0.29) is 11.8 Å². The molecule has 0 spiro atoms. The van der Waals surface area contributed by atoms with Gasteiger partial charge in [0, 0.05) is 11.4 Å². The Morgan fingerprint density at radius 1 is 0.900 bits per heavy atom. The van der Waals surface area contributed by atoms with Crippen LogP contribution in [0.4, 0.5) is 16.2 Å². The number of hydrogen-bond donors (Lipinski definition) is 3. The van der Waals surface area contributed by atoms with Crippen LogP contribution in [-0.4, -0.2) is 11.1 Å². The molecular formula is C16H18N2O2. The monoisotopic (exact) mass is 270 g/mol. The number of amides is 2. The van der Waals surface area contributed by atoms with Gasteiger partial charge in [-0.2, -0.15) is 0 Å². The largest absolute Gasteiger partial charge is 0.508 e. The Labute approximate surface area is 118 Å². The number of hydrogen-bond acceptors (Lipinski definition) is 2. The van der Waals surface area contributed by atoms with Crippen LogP contribution in [0.3, 0.4) is 0 Å². The van der Waals surface area contributed by atoms with Gasteiger partial charge in [0.05, 0.1) is 0 Å². The van der Waals surface area contributed by atoms with Gasteiger partial charge in [-0.1, -0.05) is 6.07 Å². The van der Waals surface area contributed by atoms with Crippen LogP contribution in [0, 0.1) is 20.8 Å². The summed E-state index contributed by atoms with van der Waals surface area (Å²) in [7, 11) is 0. The van der Waals surface area contributed by atoms with E-state index < -0.39 is 0 Å². The summed E-state index contributed by atoms with van der Waals surface area (Å²) in [4.78, 5) is 11.9. The second-order valence-electron chi connectivity index (χ2n) is 4.88. The zero-order chi connectivity index (χ0) is 14.7. The molecule has 0 aromatic heterocycles. The molecule has 0 saturated heterocycles. The third-order valence-corrected chi connectivity index (χ3v) is 3.22. The summed E-state index contributed by atoms with van der Waals surface area (Å²) < 4.78 is 0. The Bertz CT molecular complexity index is 651. The quantitative estimate of drug-likeness (QED) is 0.723. The first-order valence-electron chi connectivity index (χ1n) is 6.40. The predicted octanol–water partition coefficient (Wildman–Crippen LogP) is 3.96. The number of aryl methyl sites for hydroxylation is 3. The molecular weight excluding hydrogens is 252 g/mol. The molecule has 0 fully saturated rings. The fourth-order valence-corrected chi connectivity index (χ4v) is 1.89. The Kier molecular flexibility index (Phi) is 3.94. The molecule has 0 unspecified atom stereocenters. The van der Waals surface area contributed by atoms with Crippen LogP contribution in [0.25, 0.3) is 0 Å². The Hall–Kier alpha value is -2.49. The van der Waals surface area contributed by atoms with Crippen LogP contribution in [0.1, 0.15) is 16.7 Å². The molecule has 2 rings (SSSR count). The molecule has 0 bridgehead atoms. The van der Waals surface area contributed by atoms with Gasteiger partial charge in [0.1, 0.15) is 5.75 Å². The molecule has 2 aromatic carbocycles. The summed E-state index contributed by atoms with van der Waals surface area (Å²) in [6.07, 6.45) is 0. The number of nitrogens with one attached hydrogen (secondary N) is 2. The summed E-state index contributed by atoms with van der Waals surface area (Å²) in [5.74, 6) is 0.183. The average molecular weight is 270 g/mol. The molecule has 0 aliphatic carbocycles. The highest BCUT2D eigenvalue weighted by Crippen LogP contribution is 2.20. The van der Waals surface area contributed by atoms with Gasteiger partial charge in [0.2, 0.25) is 0 Å². The highest BCUT2D eigenvalue weighted by atomic mass is 16.3. The molecule has 0 heterocycles. The number of aromatic hydroxyl groups is 1. The lowest BCUT2D eigenvalue weighted by Gasteiger charge is -2.11. The van der Waals surface area contributed by atoms with Crippen molar-refractivity contribution in [2.75, 3.05) is 10.6 Å². The van der Waals surface area contributed by atoms with Crippen molar-refractivity contribution in [3.63, 3.8) is 0 Å². The van der Waals surface area contributed by atoms with Gasteiger partial charge in [-0.3, -0.25) is 0 Å². The van der Waals surface area contributed by atoms with Gasteiger partial charge in [-0.15, -0.1) is 0 Å². The van der Waals surface area contributed by atoms with Gasteiger partial charge in [-0.25, -0.2) is 4.79 Å². The Morgan fingerprint density at radius 3 is 2.30 bits per heavy atom. The Balaban J connectivity index is 2.07. The van der Waals surface area contributed by atoms with Crippen molar-refractivity contribution in [1.29, 1.82) is 0 Å². The van der Waals surface area contributed by atoms with Crippen LogP contribution in [0.5, 0.6) is 5.75 Å². The highest BCUT2D eigenvalue weighted by Gasteiger charge is 2.06. The van der Waals surface area contributed by atoms with E-state index in [1.165, 1.54) is 5.56 Å². The van der Waals surface area contributed by atoms with Crippen LogP contribution in [0.2, 0.25) is 0 Å². The van der Waals surface area contributed by atoms with E-state index in [0.717, 1.165) is 16.8 Å². The van der Waals surface area contributed by atoms with Crippen molar-refractivity contribution in [2.45, 2.75) is 20.8 Å². The number of benzene rings is 2. The number of carbonyl (C=O) groups is 1. The summed E-state index contributed by atoms with van der Waals surface area (Å²) in [5, 5.41) is 14.9. The lowest BCUT2D eigenvalue weighted by Crippen LogP contribution is -2.20. The molecule has 2 aromatic rings. The van der Waals surface area contributed by atoms with Crippen LogP contribution in [0.15, 0.2) is 36.4 Å². The maximum absolute atomic E-state index is 11.9. The molecule has 3 N–H and O–H groups in total. The molecule has 104 valence electrons. The van der Waals surface area contributed by atoms with Gasteiger partial charge >= 0.3 is 6.03 Å². The number of phenols is 1. The highest BCUT2D eigenvalue weighted by molar-refractivity contribution is 6.00. The third-order valence-electron chi connectivity index (χ3n) is 3.22. The minimum Gasteiger partial charge on any atom is -0.508 e. The summed E-state index contributed by atoms with van der Waals surface area (Å²) in [5.41, 5.74) is 4.54. The van der Waals surface area contributed by atoms with Crippen LogP contribution < -0.4 is 10.6 Å². The lowest BCUT2D eigenvalue weighted by atomic mass is 10.1. The van der Waals surface area contributed by atoms with Gasteiger partial charge in [-0.05, 0) is 67.8 Å². The molecule has 4 heteroatoms. The summed E-state index contributed by atoms with van der Waals surface area (Å²) >= 11 is 0. The molecule has 0 aliphatic rings. The van der Waals surface area contributed by atoms with Crippen molar-refractivity contribution < 1.29 is 9.90 Å². The van der Waals surface area contributed by atoms with E-state index in [0.29, 0.717) is 5.69 Å². The molecule has 4 nitrogen and oxygen atoms in total. The normalized spacial score (nSPS) is 10.2. The second kappa shape index (κ2) is 5.65. The smallest absolute Gasteiger partial charge is 0.323 e. The number of rotatable bonds is 2. The lowest BCUT2D eigenvalue weighted by molar-refractivity contribution is 0.262. The van der Waals surface area contributed by atoms with Crippen molar-refractivity contribution in [1.82, 2.24) is 0 Å². The van der Waals surface area contributed by atoms with Crippen molar-refractivity contribution in [3.8, 4) is 5.75 Å². The molecule has 20 heavy (non-hydrogen) atoms. The molecule has 0 saturated carbocycles. The number of urea groups is 1. The topological polar surface area (TPSA) is 61.4 Å². The number of anilines is 2. The Morgan fingerprint density at radius 2 is 1.65 bits per heavy atom. The van der Waals surface area contributed by atoms with E-state index >= 15 is 0 Å². The standard InChI is InChI=1S/C16H18N2O2/c1-10-4-5-13(8-11(10)2)17-16(20)18-15-7-6-14(19)9-12(15)3/h4-9,19H,1-3H3,(H2,17,18,20). The van der Waals surface area contributed by atoms with Crippen molar-refractivity contribution in [2.24, 2.45) is 0 Å². The van der Waals surface area contributed by atoms with Gasteiger partial charge in [0.25, 0.3) is 0 Å². The number of carbonyl (C=O) groups excluding carboxylic acids is 1. The molecule has 0 atom stereocenters. The third kappa shape index (κ3) is 3.29. The summed E-state index contributed by atoms with van der Waals surface area (Å²) in [6, 6.07) is 10.3. The van der Waals surface area contributed by atoms with Gasteiger partial charge < -0.3 is 15.7 Å². The minimum absolute atomic E-state index is 0.183. The van der Waals surface area contributed by atoms with Gasteiger partial charge in [0.15, 0.2) is 0 Å². The van der Waals surface area contributed by atoms with Crippen molar-refractivity contribution in [3.05, 3.63) is 53.1 Å². The number of phenolic OH excluding ortho intramolecular Hbond substituents is 1. The first-order valence-corrected chi connectivity index (χ1v) is 6.40. The zero-order valence-electron chi connectivity index (χ0n) is 11.8. The molecule has 0 aliphatic heterocycles. The van der Waals surface area contributed by atoms with E-state index in [2.05, 4.69) is 10.6 Å². The fourth-order valence-electron chi connectivity index (χ4n) is 1.89. The van der Waals surface area contributed by atoms with E-state index in [1.807, 2.05) is 39.0 Å². The van der Waals surface area contributed by atoms with E-state index in [1.54, 1.807) is 18.2 Å². The minimum atomic E-state index is -0.304. The average Bonchev–Trinajstić information content (AvgIpc) is 2.37. The molecule has 0 radical (unpaired) electrons. The first-order chi connectivity index (χ1) is 9.45. The van der Waals surface area contributed by atoms with E-state index in [4.69, 9.17) is 0 Å². The second-order valence-corrected chi connectivity index (χ2v) is 4.88. The fraction of sp³-hybridized carbons (Fsp3) is 0.188. The maximum Gasteiger partial charge on any atom is 0.323 e. The predicted molar refractivity (Wildman–Crippen MR) is 81.4 cm³/mol. The molecule has 2 amide bonds. The maximum atomic E-state index is 11.9.